The summed E-state index contributed by atoms with van der Waals surface area (Å²) in [6.45, 7) is -0.0164. The molecular formula is C25H19FN8O2S. The van der Waals surface area contributed by atoms with Gasteiger partial charge in [-0.25, -0.2) is 27.5 Å². The van der Waals surface area contributed by atoms with Crippen LogP contribution in [0.5, 0.6) is 0 Å². The molecule has 5 heterocycles. The van der Waals surface area contributed by atoms with E-state index in [0.717, 1.165) is 39.5 Å². The highest BCUT2D eigenvalue weighted by Crippen LogP contribution is 2.34. The largest absolute Gasteiger partial charge is 0.338 e. The predicted molar refractivity (Wildman–Crippen MR) is 137 cm³/mol. The summed E-state index contributed by atoms with van der Waals surface area (Å²) in [6.07, 6.45) is 9.29. The number of H-pyrrole nitrogens is 2. The molecule has 5 aromatic heterocycles. The topological polar surface area (TPSA) is 142 Å². The highest BCUT2D eigenvalue weighted by Gasteiger charge is 2.16. The SMILES string of the molecule is CS(=O)(=O)NCc1cc(F)cc(-c2ccnc3[nH]c(-c4[nH]nc5ncc(-c6cnccn6)cc45)cc23)c1. The fourth-order valence-electron chi connectivity index (χ4n) is 4.23. The number of pyridine rings is 2. The standard InChI is InChI=1S/C25H19FN8O2S/c1-37(35,36)31-11-14-6-15(8-17(26)7-14)18-2-3-29-24-19(18)10-21(32-24)23-20-9-16(12-30-25(20)34-33-23)22-13-27-4-5-28-22/h2-10,12-13,31H,11H2,1H3,(H,29,32)(H,30,33,34). The van der Waals surface area contributed by atoms with Crippen molar-refractivity contribution in [2.75, 3.05) is 6.26 Å². The van der Waals surface area contributed by atoms with Gasteiger partial charge < -0.3 is 4.98 Å². The van der Waals surface area contributed by atoms with Crippen LogP contribution < -0.4 is 4.72 Å². The van der Waals surface area contributed by atoms with Crippen LogP contribution in [0.1, 0.15) is 5.56 Å². The molecule has 0 saturated heterocycles. The molecule has 0 radical (unpaired) electrons. The van der Waals surface area contributed by atoms with Crippen LogP contribution in [0, 0.1) is 5.82 Å². The number of aromatic nitrogens is 7. The Labute approximate surface area is 210 Å². The molecule has 10 nitrogen and oxygen atoms in total. The molecule has 0 bridgehead atoms. The van der Waals surface area contributed by atoms with E-state index in [-0.39, 0.29) is 6.54 Å². The van der Waals surface area contributed by atoms with Crippen LogP contribution in [-0.2, 0) is 16.6 Å². The quantitative estimate of drug-likeness (QED) is 0.307. The summed E-state index contributed by atoms with van der Waals surface area (Å²) in [7, 11) is -3.42. The van der Waals surface area contributed by atoms with Gasteiger partial charge in [-0.2, -0.15) is 5.10 Å². The molecule has 0 saturated carbocycles. The number of fused-ring (bicyclic) bond motifs is 2. The van der Waals surface area contributed by atoms with Crippen LogP contribution in [0.15, 0.2) is 67.4 Å². The molecular weight excluding hydrogens is 495 g/mol. The highest BCUT2D eigenvalue weighted by molar-refractivity contribution is 7.88. The van der Waals surface area contributed by atoms with E-state index >= 15 is 0 Å². The number of halogens is 1. The number of nitrogens with one attached hydrogen (secondary N) is 3. The maximum atomic E-state index is 14.5. The van der Waals surface area contributed by atoms with Crippen LogP contribution in [0.4, 0.5) is 4.39 Å². The third-order valence-electron chi connectivity index (χ3n) is 5.88. The van der Waals surface area contributed by atoms with Crippen molar-refractivity contribution in [2.45, 2.75) is 6.54 Å². The predicted octanol–water partition coefficient (Wildman–Crippen LogP) is 3.81. The highest BCUT2D eigenvalue weighted by atomic mass is 32.2. The van der Waals surface area contributed by atoms with Crippen molar-refractivity contribution < 1.29 is 12.8 Å². The van der Waals surface area contributed by atoms with Gasteiger partial charge in [0.1, 0.15) is 11.5 Å². The summed E-state index contributed by atoms with van der Waals surface area (Å²) in [5, 5.41) is 8.93. The van der Waals surface area contributed by atoms with Crippen molar-refractivity contribution in [3.8, 4) is 33.8 Å². The van der Waals surface area contributed by atoms with Crippen LogP contribution in [0.2, 0.25) is 0 Å². The van der Waals surface area contributed by atoms with E-state index in [0.29, 0.717) is 28.1 Å². The molecule has 184 valence electrons. The Hall–Kier alpha value is -4.55. The summed E-state index contributed by atoms with van der Waals surface area (Å²) in [6, 6.07) is 10.1. The van der Waals surface area contributed by atoms with E-state index in [1.807, 2.05) is 12.1 Å². The fourth-order valence-corrected chi connectivity index (χ4v) is 4.66. The first-order valence-corrected chi connectivity index (χ1v) is 13.1. The monoisotopic (exact) mass is 514 g/mol. The van der Waals surface area contributed by atoms with Gasteiger partial charge in [-0.05, 0) is 53.1 Å². The van der Waals surface area contributed by atoms with E-state index in [9.17, 15) is 12.8 Å². The van der Waals surface area contributed by atoms with Crippen LogP contribution in [0.3, 0.4) is 0 Å². The number of nitrogens with zero attached hydrogens (tertiary/aromatic N) is 5. The second-order valence-corrected chi connectivity index (χ2v) is 10.4. The molecule has 6 rings (SSSR count). The smallest absolute Gasteiger partial charge is 0.209 e. The molecule has 0 fully saturated rings. The molecule has 6 aromatic rings. The number of hydrogen-bond donors (Lipinski definition) is 3. The van der Waals surface area contributed by atoms with Crippen molar-refractivity contribution >= 4 is 32.1 Å². The lowest BCUT2D eigenvalue weighted by atomic mass is 10.0. The molecule has 0 aliphatic heterocycles. The Morgan fingerprint density at radius 2 is 1.84 bits per heavy atom. The molecule has 0 aliphatic rings. The van der Waals surface area contributed by atoms with Crippen molar-refractivity contribution in [1.82, 2.24) is 39.8 Å². The van der Waals surface area contributed by atoms with E-state index in [2.05, 4.69) is 39.8 Å². The molecule has 12 heteroatoms. The van der Waals surface area contributed by atoms with Crippen molar-refractivity contribution in [3.63, 3.8) is 0 Å². The summed E-state index contributed by atoms with van der Waals surface area (Å²) in [5.41, 5.74) is 5.93. The third kappa shape index (κ3) is 4.55. The Morgan fingerprint density at radius 3 is 2.65 bits per heavy atom. The van der Waals surface area contributed by atoms with E-state index in [4.69, 9.17) is 0 Å². The molecule has 3 N–H and O–H groups in total. The van der Waals surface area contributed by atoms with Crippen molar-refractivity contribution in [1.29, 1.82) is 0 Å². The maximum absolute atomic E-state index is 14.5. The Bertz CT molecular complexity index is 1880. The maximum Gasteiger partial charge on any atom is 0.209 e. The summed E-state index contributed by atoms with van der Waals surface area (Å²) in [5.74, 6) is -0.467. The molecule has 1 aromatic carbocycles. The third-order valence-corrected chi connectivity index (χ3v) is 6.55. The Morgan fingerprint density at radius 1 is 0.946 bits per heavy atom. The zero-order valence-corrected chi connectivity index (χ0v) is 20.2. The van der Waals surface area contributed by atoms with Crippen molar-refractivity contribution in [2.24, 2.45) is 0 Å². The van der Waals surface area contributed by atoms with Gasteiger partial charge in [0.2, 0.25) is 10.0 Å². The van der Waals surface area contributed by atoms with Gasteiger partial charge in [-0.3, -0.25) is 15.1 Å². The van der Waals surface area contributed by atoms with Gasteiger partial charge in [0.25, 0.3) is 0 Å². The average Bonchev–Trinajstić information content (AvgIpc) is 3.51. The first-order valence-electron chi connectivity index (χ1n) is 11.2. The number of sulfonamides is 1. The minimum atomic E-state index is -3.42. The van der Waals surface area contributed by atoms with Crippen molar-refractivity contribution in [3.05, 3.63) is 78.8 Å². The number of hydrogen-bond acceptors (Lipinski definition) is 7. The minimum Gasteiger partial charge on any atom is -0.338 e. The lowest BCUT2D eigenvalue weighted by Crippen LogP contribution is -2.21. The Balaban J connectivity index is 1.44. The molecule has 0 unspecified atom stereocenters. The first kappa shape index (κ1) is 22.9. The summed E-state index contributed by atoms with van der Waals surface area (Å²) in [4.78, 5) is 20.7. The van der Waals surface area contributed by atoms with Gasteiger partial charge >= 0.3 is 0 Å². The molecule has 0 spiro atoms. The summed E-state index contributed by atoms with van der Waals surface area (Å²) >= 11 is 0. The zero-order valence-electron chi connectivity index (χ0n) is 19.4. The molecule has 37 heavy (non-hydrogen) atoms. The van der Waals surface area contributed by atoms with Gasteiger partial charge in [0.05, 0.1) is 29.5 Å². The average molecular weight is 515 g/mol. The van der Waals surface area contributed by atoms with Crippen LogP contribution in [0.25, 0.3) is 55.8 Å². The fraction of sp³-hybridized carbons (Fsp3) is 0.0800. The molecule has 0 aliphatic carbocycles. The Kier molecular flexibility index (Phi) is 5.46. The molecule has 0 amide bonds. The number of benzene rings is 1. The normalized spacial score (nSPS) is 11.9. The molecule has 0 atom stereocenters. The number of aromatic amines is 2. The van der Waals surface area contributed by atoms with Gasteiger partial charge in [-0.1, -0.05) is 0 Å². The van der Waals surface area contributed by atoms with Gasteiger partial charge in [0.15, 0.2) is 5.65 Å². The van der Waals surface area contributed by atoms with Gasteiger partial charge in [0, 0.05) is 47.7 Å². The minimum absolute atomic E-state index is 0.0164. The second kappa shape index (κ2) is 8.84. The first-order chi connectivity index (χ1) is 17.8. The van der Waals surface area contributed by atoms with Crippen LogP contribution >= 0.6 is 0 Å². The lowest BCUT2D eigenvalue weighted by molar-refractivity contribution is 0.586. The van der Waals surface area contributed by atoms with Crippen LogP contribution in [-0.4, -0.2) is 49.8 Å². The van der Waals surface area contributed by atoms with E-state index in [1.165, 1.54) is 12.1 Å². The van der Waals surface area contributed by atoms with Gasteiger partial charge in [-0.15, -0.1) is 0 Å². The summed E-state index contributed by atoms with van der Waals surface area (Å²) < 4.78 is 39.9. The number of rotatable bonds is 6. The van der Waals surface area contributed by atoms with E-state index < -0.39 is 15.8 Å². The lowest BCUT2D eigenvalue weighted by Gasteiger charge is -2.08. The zero-order chi connectivity index (χ0) is 25.6. The van der Waals surface area contributed by atoms with E-state index in [1.54, 1.807) is 43.1 Å². The second-order valence-electron chi connectivity index (χ2n) is 8.53.